The minimum Gasteiger partial charge on any atom is -0.348 e. The van der Waals surface area contributed by atoms with E-state index in [1.54, 1.807) is 6.20 Å². The first-order chi connectivity index (χ1) is 11.7. The van der Waals surface area contributed by atoms with Crippen LogP contribution < -0.4 is 5.43 Å². The Hall–Kier alpha value is -1.53. The SMILES string of the molecule is C/C(=N/NC(=S)N1CCC(N2CCCCC2)CC1)c1ccccn1. The van der Waals surface area contributed by atoms with Crippen molar-refractivity contribution in [2.24, 2.45) is 5.10 Å². The van der Waals surface area contributed by atoms with Gasteiger partial charge < -0.3 is 9.80 Å². The molecule has 0 spiro atoms. The number of aromatic nitrogens is 1. The molecule has 1 aromatic rings. The maximum atomic E-state index is 5.51. The lowest BCUT2D eigenvalue weighted by atomic mass is 10.0. The molecule has 0 unspecified atom stereocenters. The average molecular weight is 346 g/mol. The van der Waals surface area contributed by atoms with Crippen molar-refractivity contribution in [2.75, 3.05) is 26.2 Å². The molecule has 3 rings (SSSR count). The molecular weight excluding hydrogens is 318 g/mol. The van der Waals surface area contributed by atoms with Gasteiger partial charge in [-0.3, -0.25) is 10.4 Å². The van der Waals surface area contributed by atoms with E-state index in [1.165, 1.54) is 45.2 Å². The maximum absolute atomic E-state index is 5.51. The first-order valence-corrected chi connectivity index (χ1v) is 9.39. The van der Waals surface area contributed by atoms with Gasteiger partial charge in [-0.15, -0.1) is 0 Å². The molecule has 2 saturated heterocycles. The van der Waals surface area contributed by atoms with Crippen LogP contribution in [0.4, 0.5) is 0 Å². The predicted molar refractivity (Wildman–Crippen MR) is 102 cm³/mol. The Morgan fingerprint density at radius 1 is 1.17 bits per heavy atom. The summed E-state index contributed by atoms with van der Waals surface area (Å²) in [6.45, 7) is 6.54. The van der Waals surface area contributed by atoms with Crippen LogP contribution in [0.25, 0.3) is 0 Å². The Kier molecular flexibility index (Phi) is 6.15. The maximum Gasteiger partial charge on any atom is 0.189 e. The molecule has 0 radical (unpaired) electrons. The normalized spacial score (nSPS) is 20.9. The molecule has 0 bridgehead atoms. The molecule has 0 amide bonds. The number of likely N-dealkylation sites (tertiary alicyclic amines) is 2. The van der Waals surface area contributed by atoms with E-state index in [2.05, 4.69) is 25.3 Å². The summed E-state index contributed by atoms with van der Waals surface area (Å²) in [4.78, 5) is 9.22. The third kappa shape index (κ3) is 4.51. The number of hydrazone groups is 1. The van der Waals surface area contributed by atoms with Crippen LogP contribution in [0.3, 0.4) is 0 Å². The average Bonchev–Trinajstić information content (AvgIpc) is 2.67. The molecule has 0 aromatic carbocycles. The van der Waals surface area contributed by atoms with E-state index in [-0.39, 0.29) is 0 Å². The Labute approximate surface area is 150 Å². The van der Waals surface area contributed by atoms with Crippen LogP contribution in [-0.4, -0.2) is 57.8 Å². The van der Waals surface area contributed by atoms with Crippen molar-refractivity contribution in [3.63, 3.8) is 0 Å². The molecule has 6 heteroatoms. The first-order valence-electron chi connectivity index (χ1n) is 8.99. The monoisotopic (exact) mass is 345 g/mol. The van der Waals surface area contributed by atoms with Crippen LogP contribution in [0.15, 0.2) is 29.5 Å². The van der Waals surface area contributed by atoms with Crippen LogP contribution in [0, 0.1) is 0 Å². The van der Waals surface area contributed by atoms with Crippen LogP contribution >= 0.6 is 12.2 Å². The highest BCUT2D eigenvalue weighted by molar-refractivity contribution is 7.80. The first kappa shape index (κ1) is 17.3. The van der Waals surface area contributed by atoms with Crippen LogP contribution in [0.5, 0.6) is 0 Å². The summed E-state index contributed by atoms with van der Waals surface area (Å²) >= 11 is 5.51. The zero-order valence-corrected chi connectivity index (χ0v) is 15.3. The van der Waals surface area contributed by atoms with Crippen LogP contribution in [0.1, 0.15) is 44.7 Å². The second kappa shape index (κ2) is 8.53. The van der Waals surface area contributed by atoms with Crippen molar-refractivity contribution in [3.8, 4) is 0 Å². The fourth-order valence-corrected chi connectivity index (χ4v) is 3.78. The number of thiocarbonyl (C=S) groups is 1. The molecule has 2 aliphatic heterocycles. The largest absolute Gasteiger partial charge is 0.348 e. The van der Waals surface area contributed by atoms with E-state index in [4.69, 9.17) is 12.2 Å². The molecule has 1 aromatic heterocycles. The molecule has 130 valence electrons. The van der Waals surface area contributed by atoms with E-state index in [0.29, 0.717) is 0 Å². The van der Waals surface area contributed by atoms with Gasteiger partial charge in [0.15, 0.2) is 5.11 Å². The molecule has 2 aliphatic rings. The highest BCUT2D eigenvalue weighted by Gasteiger charge is 2.26. The lowest BCUT2D eigenvalue weighted by molar-refractivity contribution is 0.114. The summed E-state index contributed by atoms with van der Waals surface area (Å²) in [5, 5.41) is 5.11. The highest BCUT2D eigenvalue weighted by atomic mass is 32.1. The van der Waals surface area contributed by atoms with Crippen molar-refractivity contribution in [1.29, 1.82) is 0 Å². The number of hydrogen-bond acceptors (Lipinski definition) is 4. The van der Waals surface area contributed by atoms with E-state index in [9.17, 15) is 0 Å². The second-order valence-corrected chi connectivity index (χ2v) is 7.03. The fourth-order valence-electron chi connectivity index (χ4n) is 3.55. The zero-order chi connectivity index (χ0) is 16.8. The van der Waals surface area contributed by atoms with Gasteiger partial charge >= 0.3 is 0 Å². The Bertz CT molecular complexity index is 560. The highest BCUT2D eigenvalue weighted by Crippen LogP contribution is 2.20. The number of nitrogens with one attached hydrogen (secondary N) is 1. The summed E-state index contributed by atoms with van der Waals surface area (Å²) in [6.07, 6.45) is 8.30. The van der Waals surface area contributed by atoms with E-state index in [0.717, 1.165) is 35.6 Å². The Balaban J connectivity index is 1.46. The number of nitrogens with zero attached hydrogens (tertiary/aromatic N) is 4. The topological polar surface area (TPSA) is 43.8 Å². The van der Waals surface area contributed by atoms with Gasteiger partial charge in [0, 0.05) is 25.3 Å². The smallest absolute Gasteiger partial charge is 0.189 e. The lowest BCUT2D eigenvalue weighted by Crippen LogP contribution is -2.49. The standard InChI is InChI=1S/C18H27N5S/c1-15(17-7-3-4-10-19-17)20-21-18(24)23-13-8-16(9-14-23)22-11-5-2-6-12-22/h3-4,7,10,16H,2,5-6,8-9,11-14H2,1H3,(H,21,24)/b20-15-. The third-order valence-electron chi connectivity index (χ3n) is 5.01. The number of piperidine rings is 2. The Morgan fingerprint density at radius 2 is 1.92 bits per heavy atom. The predicted octanol–water partition coefficient (Wildman–Crippen LogP) is 2.63. The quantitative estimate of drug-likeness (QED) is 0.518. The molecule has 24 heavy (non-hydrogen) atoms. The van der Waals surface area contributed by atoms with Gasteiger partial charge in [-0.25, -0.2) is 0 Å². The van der Waals surface area contributed by atoms with Crippen LogP contribution in [-0.2, 0) is 0 Å². The van der Waals surface area contributed by atoms with Gasteiger partial charge in [0.25, 0.3) is 0 Å². The minimum absolute atomic E-state index is 0.724. The van der Waals surface area contributed by atoms with Crippen LogP contribution in [0.2, 0.25) is 0 Å². The summed E-state index contributed by atoms with van der Waals surface area (Å²) < 4.78 is 0. The number of pyridine rings is 1. The van der Waals surface area contributed by atoms with Gasteiger partial charge in [-0.1, -0.05) is 12.5 Å². The van der Waals surface area contributed by atoms with Gasteiger partial charge in [0.05, 0.1) is 11.4 Å². The molecular formula is C18H27N5S. The summed E-state index contributed by atoms with van der Waals surface area (Å²) in [7, 11) is 0. The van der Waals surface area contributed by atoms with Gasteiger partial charge in [-0.2, -0.15) is 5.10 Å². The molecule has 5 nitrogen and oxygen atoms in total. The number of hydrogen-bond donors (Lipinski definition) is 1. The van der Waals surface area contributed by atoms with Crippen molar-refractivity contribution in [1.82, 2.24) is 20.2 Å². The lowest BCUT2D eigenvalue weighted by Gasteiger charge is -2.40. The van der Waals surface area contributed by atoms with Gasteiger partial charge in [0.2, 0.25) is 0 Å². The third-order valence-corrected chi connectivity index (χ3v) is 5.36. The van der Waals surface area contributed by atoms with E-state index in [1.807, 2.05) is 25.1 Å². The van der Waals surface area contributed by atoms with Crippen molar-refractivity contribution < 1.29 is 0 Å². The summed E-state index contributed by atoms with van der Waals surface area (Å²) in [5.74, 6) is 0. The van der Waals surface area contributed by atoms with E-state index >= 15 is 0 Å². The van der Waals surface area contributed by atoms with E-state index < -0.39 is 0 Å². The molecule has 1 N–H and O–H groups in total. The minimum atomic E-state index is 0.724. The van der Waals surface area contributed by atoms with Crippen molar-refractivity contribution in [2.45, 2.75) is 45.1 Å². The summed E-state index contributed by atoms with van der Waals surface area (Å²) in [5.41, 5.74) is 4.76. The van der Waals surface area contributed by atoms with Crippen molar-refractivity contribution >= 4 is 23.0 Å². The second-order valence-electron chi connectivity index (χ2n) is 6.64. The molecule has 2 fully saturated rings. The molecule has 0 atom stereocenters. The van der Waals surface area contributed by atoms with Crippen molar-refractivity contribution in [3.05, 3.63) is 30.1 Å². The fraction of sp³-hybridized carbons (Fsp3) is 0.611. The van der Waals surface area contributed by atoms with Gasteiger partial charge in [0.1, 0.15) is 0 Å². The molecule has 0 saturated carbocycles. The van der Waals surface area contributed by atoms with Gasteiger partial charge in [-0.05, 0) is 70.0 Å². The molecule has 3 heterocycles. The zero-order valence-electron chi connectivity index (χ0n) is 14.4. The summed E-state index contributed by atoms with van der Waals surface area (Å²) in [6, 6.07) is 6.56. The molecule has 0 aliphatic carbocycles. The Morgan fingerprint density at radius 3 is 2.58 bits per heavy atom. The number of rotatable bonds is 3.